The molecular weight excluding hydrogens is 725 g/mol. The van der Waals surface area contributed by atoms with Gasteiger partial charge in [-0.25, -0.2) is 4.57 Å². The third kappa shape index (κ3) is 41.3. The van der Waals surface area contributed by atoms with Gasteiger partial charge in [0.05, 0.1) is 27.7 Å². The first-order valence-electron chi connectivity index (χ1n) is 22.0. The molecule has 0 spiro atoms. The van der Waals surface area contributed by atoms with Crippen LogP contribution >= 0.6 is 7.82 Å². The van der Waals surface area contributed by atoms with E-state index in [-0.39, 0.29) is 32.0 Å². The summed E-state index contributed by atoms with van der Waals surface area (Å²) in [4.78, 5) is 35.3. The van der Waals surface area contributed by atoms with Crippen molar-refractivity contribution in [2.75, 3.05) is 47.5 Å². The number of ether oxygens (including phenoxy) is 2. The molecule has 0 saturated heterocycles. The standard InChI is InChI=1S/C46H82NO8P/c1-6-8-10-12-14-16-18-20-22-23-25-27-29-31-33-35-37-39-46(49)55-44(43-54-56(50,51)53-41-40-47(3,4)5)42-52-45(48)38-36-34-32-30-28-26-24-21-19-17-15-13-11-9-7-2/h13-16,20,22,25,27,31,33,44H,6-12,17-19,21,23-24,26,28-30,32,34-43H2,1-5H3/p+1/b15-13+,16-14+,22-20+,27-25+,33-31+/t44-/m1/s1. The van der Waals surface area contributed by atoms with E-state index in [0.29, 0.717) is 23.9 Å². The monoisotopic (exact) mass is 809 g/mol. The van der Waals surface area contributed by atoms with Gasteiger partial charge in [0.1, 0.15) is 19.8 Å². The van der Waals surface area contributed by atoms with E-state index in [4.69, 9.17) is 18.5 Å². The lowest BCUT2D eigenvalue weighted by atomic mass is 10.1. The van der Waals surface area contributed by atoms with E-state index in [0.717, 1.165) is 38.5 Å². The molecule has 0 aliphatic heterocycles. The van der Waals surface area contributed by atoms with Gasteiger partial charge in [0, 0.05) is 12.8 Å². The van der Waals surface area contributed by atoms with Crippen LogP contribution in [0.3, 0.4) is 0 Å². The molecule has 10 heteroatoms. The smallest absolute Gasteiger partial charge is 0.462 e. The minimum atomic E-state index is -4.39. The van der Waals surface area contributed by atoms with Gasteiger partial charge in [-0.3, -0.25) is 18.6 Å². The second kappa shape index (κ2) is 38.2. The van der Waals surface area contributed by atoms with Crippen LogP contribution in [0.5, 0.6) is 0 Å². The highest BCUT2D eigenvalue weighted by molar-refractivity contribution is 7.47. The largest absolute Gasteiger partial charge is 0.472 e. The average molecular weight is 809 g/mol. The van der Waals surface area contributed by atoms with Crippen LogP contribution in [0.2, 0.25) is 0 Å². The van der Waals surface area contributed by atoms with Crippen molar-refractivity contribution >= 4 is 19.8 Å². The molecule has 0 saturated carbocycles. The molecule has 56 heavy (non-hydrogen) atoms. The molecule has 9 nitrogen and oxygen atoms in total. The summed E-state index contributed by atoms with van der Waals surface area (Å²) in [5, 5.41) is 0. The van der Waals surface area contributed by atoms with Crippen LogP contribution in [0.4, 0.5) is 0 Å². The Morgan fingerprint density at radius 2 is 1.00 bits per heavy atom. The van der Waals surface area contributed by atoms with Crippen molar-refractivity contribution < 1.29 is 42.1 Å². The number of esters is 2. The minimum absolute atomic E-state index is 0.0191. The van der Waals surface area contributed by atoms with Gasteiger partial charge < -0.3 is 18.9 Å². The number of carbonyl (C=O) groups is 2. The number of hydrogen-bond acceptors (Lipinski definition) is 7. The van der Waals surface area contributed by atoms with Gasteiger partial charge in [-0.2, -0.15) is 0 Å². The Labute approximate surface area is 343 Å². The van der Waals surface area contributed by atoms with E-state index in [9.17, 15) is 19.0 Å². The van der Waals surface area contributed by atoms with Crippen molar-refractivity contribution in [2.45, 2.75) is 174 Å². The molecule has 0 fully saturated rings. The molecule has 0 aliphatic rings. The molecule has 324 valence electrons. The quantitative estimate of drug-likeness (QED) is 0.0215. The van der Waals surface area contributed by atoms with Crippen LogP contribution in [-0.4, -0.2) is 74.9 Å². The minimum Gasteiger partial charge on any atom is -0.462 e. The maximum absolute atomic E-state index is 12.7. The maximum Gasteiger partial charge on any atom is 0.472 e. The van der Waals surface area contributed by atoms with Gasteiger partial charge >= 0.3 is 19.8 Å². The Kier molecular flexibility index (Phi) is 36.7. The van der Waals surface area contributed by atoms with Crippen molar-refractivity contribution in [3.63, 3.8) is 0 Å². The Morgan fingerprint density at radius 1 is 0.554 bits per heavy atom. The van der Waals surface area contributed by atoms with Crippen LogP contribution < -0.4 is 0 Å². The molecule has 1 N–H and O–H groups in total. The van der Waals surface area contributed by atoms with Crippen LogP contribution in [0.1, 0.15) is 168 Å². The predicted octanol–water partition coefficient (Wildman–Crippen LogP) is 12.5. The lowest BCUT2D eigenvalue weighted by Crippen LogP contribution is -2.37. The predicted molar refractivity (Wildman–Crippen MR) is 233 cm³/mol. The summed E-state index contributed by atoms with van der Waals surface area (Å²) in [6, 6.07) is 0. The fourth-order valence-electron chi connectivity index (χ4n) is 5.52. The number of likely N-dealkylation sites (N-methyl/N-ethyl adjacent to an activating group) is 1. The molecule has 2 atom stereocenters. The van der Waals surface area contributed by atoms with Crippen LogP contribution in [0, 0.1) is 0 Å². The molecule has 0 aromatic heterocycles. The van der Waals surface area contributed by atoms with Gasteiger partial charge in [0.25, 0.3) is 0 Å². The third-order valence-corrected chi connectivity index (χ3v) is 10.0. The molecule has 0 rings (SSSR count). The molecule has 0 bridgehead atoms. The summed E-state index contributed by atoms with van der Waals surface area (Å²) in [5.74, 6) is -0.870. The molecule has 0 aromatic carbocycles. The number of unbranched alkanes of at least 4 members (excludes halogenated alkanes) is 15. The zero-order valence-electron chi connectivity index (χ0n) is 36.3. The van der Waals surface area contributed by atoms with Crippen molar-refractivity contribution in [3.05, 3.63) is 60.8 Å². The summed E-state index contributed by atoms with van der Waals surface area (Å²) >= 11 is 0. The van der Waals surface area contributed by atoms with Crippen LogP contribution in [-0.2, 0) is 32.7 Å². The Balaban J connectivity index is 4.47. The van der Waals surface area contributed by atoms with Gasteiger partial charge in [0.15, 0.2) is 6.10 Å². The number of nitrogens with zero attached hydrogens (tertiary/aromatic N) is 1. The third-order valence-electron chi connectivity index (χ3n) is 9.02. The number of rotatable bonds is 39. The number of hydrogen-bond donors (Lipinski definition) is 1. The van der Waals surface area contributed by atoms with E-state index in [1.807, 2.05) is 27.2 Å². The first kappa shape index (κ1) is 53.7. The highest BCUT2D eigenvalue weighted by atomic mass is 31.2. The van der Waals surface area contributed by atoms with Crippen molar-refractivity contribution in [1.29, 1.82) is 0 Å². The van der Waals surface area contributed by atoms with Gasteiger partial charge in [-0.1, -0.05) is 145 Å². The van der Waals surface area contributed by atoms with E-state index >= 15 is 0 Å². The van der Waals surface area contributed by atoms with Crippen LogP contribution in [0.25, 0.3) is 0 Å². The summed E-state index contributed by atoms with van der Waals surface area (Å²) in [5.41, 5.74) is 0. The molecule has 0 aliphatic carbocycles. The lowest BCUT2D eigenvalue weighted by Gasteiger charge is -2.24. The maximum atomic E-state index is 12.7. The molecule has 0 radical (unpaired) electrons. The number of allylic oxidation sites excluding steroid dienone is 10. The molecule has 0 aromatic rings. The number of phosphoric acid groups is 1. The van der Waals surface area contributed by atoms with E-state index in [1.165, 1.54) is 89.9 Å². The van der Waals surface area contributed by atoms with Gasteiger partial charge in [0.2, 0.25) is 0 Å². The van der Waals surface area contributed by atoms with Crippen molar-refractivity contribution in [3.8, 4) is 0 Å². The van der Waals surface area contributed by atoms with Crippen molar-refractivity contribution in [2.24, 2.45) is 0 Å². The Bertz CT molecular complexity index is 1140. The fraction of sp³-hybridized carbons (Fsp3) is 0.739. The second-order valence-corrected chi connectivity index (χ2v) is 17.2. The second-order valence-electron chi connectivity index (χ2n) is 15.7. The summed E-state index contributed by atoms with van der Waals surface area (Å²) in [6.07, 6.45) is 45.6. The average Bonchev–Trinajstić information content (AvgIpc) is 3.15. The highest BCUT2D eigenvalue weighted by Crippen LogP contribution is 2.43. The van der Waals surface area contributed by atoms with Gasteiger partial charge in [-0.05, 0) is 70.6 Å². The van der Waals surface area contributed by atoms with Crippen molar-refractivity contribution in [1.82, 2.24) is 0 Å². The van der Waals surface area contributed by atoms with E-state index in [1.54, 1.807) is 0 Å². The number of carbonyl (C=O) groups excluding carboxylic acids is 2. The summed E-state index contributed by atoms with van der Waals surface area (Å²) < 4.78 is 34.2. The van der Waals surface area contributed by atoms with Crippen LogP contribution in [0.15, 0.2) is 60.8 Å². The Morgan fingerprint density at radius 3 is 1.55 bits per heavy atom. The molecular formula is C46H83NO8P+. The lowest BCUT2D eigenvalue weighted by molar-refractivity contribution is -0.870. The van der Waals surface area contributed by atoms with E-state index in [2.05, 4.69) is 68.5 Å². The highest BCUT2D eigenvalue weighted by Gasteiger charge is 2.27. The zero-order chi connectivity index (χ0) is 41.4. The normalized spacial score (nSPS) is 14.2. The summed E-state index contributed by atoms with van der Waals surface area (Å²) in [7, 11) is 1.43. The first-order valence-corrected chi connectivity index (χ1v) is 23.5. The summed E-state index contributed by atoms with van der Waals surface area (Å²) in [6.45, 7) is 4.29. The molecule has 0 amide bonds. The Hall–Kier alpha value is -2.29. The number of quaternary nitrogens is 1. The fourth-order valence-corrected chi connectivity index (χ4v) is 6.26. The van der Waals surface area contributed by atoms with Gasteiger partial charge in [-0.15, -0.1) is 0 Å². The van der Waals surface area contributed by atoms with E-state index < -0.39 is 26.5 Å². The molecule has 1 unspecified atom stereocenters. The SMILES string of the molecule is CCCC/C=C/CCCCCCCCCCCC(=O)OC[C@H](COP(=O)(O)OCC[N+](C)(C)C)OC(=O)CCC/C=C/C/C=C/C/C=C/C/C=C/CCCCC. The topological polar surface area (TPSA) is 108 Å². The number of phosphoric ester groups is 1. The first-order chi connectivity index (χ1) is 27.0. The zero-order valence-corrected chi connectivity index (χ0v) is 37.2. The molecule has 0 heterocycles.